The van der Waals surface area contributed by atoms with Crippen molar-refractivity contribution in [1.82, 2.24) is 0 Å². The molecule has 0 aliphatic heterocycles. The van der Waals surface area contributed by atoms with Gasteiger partial charge in [-0.25, -0.2) is 0 Å². The summed E-state index contributed by atoms with van der Waals surface area (Å²) >= 11 is 0. The molecule has 0 rings (SSSR count). The van der Waals surface area contributed by atoms with E-state index < -0.39 is 5.97 Å². The maximum atomic E-state index is 9.84. The van der Waals surface area contributed by atoms with Crippen LogP contribution in [0.15, 0.2) is 0 Å². The van der Waals surface area contributed by atoms with Crippen LogP contribution in [0.2, 0.25) is 0 Å². The Hall–Kier alpha value is 0.170. The van der Waals surface area contributed by atoms with E-state index in [0.29, 0.717) is 0 Å². The number of hydrogen-bond donors (Lipinski definition) is 1. The maximum absolute atomic E-state index is 9.84. The Morgan fingerprint density at radius 2 is 2.25 bits per heavy atom. The smallest absolute Gasteiger partial charge is 0.314 e. The summed E-state index contributed by atoms with van der Waals surface area (Å²) in [5.74, 6) is 0.437. The fourth-order valence-corrected chi connectivity index (χ4v) is 1.58. The highest BCUT2D eigenvalue weighted by molar-refractivity contribution is 8.76. The minimum atomic E-state index is -0.740. The molecule has 48 valence electrons. The van der Waals surface area contributed by atoms with E-state index in [2.05, 4.69) is 0 Å². The molecule has 4 heteroatoms. The van der Waals surface area contributed by atoms with Gasteiger partial charge in [0.05, 0.1) is 0 Å². The summed E-state index contributed by atoms with van der Waals surface area (Å²) in [7, 11) is 2.95. The molecule has 1 N–H and O–H groups in total. The zero-order valence-electron chi connectivity index (χ0n) is 4.59. The molecule has 0 aromatic carbocycles. The van der Waals surface area contributed by atoms with Crippen molar-refractivity contribution < 1.29 is 9.90 Å². The van der Waals surface area contributed by atoms with Crippen molar-refractivity contribution in [3.63, 3.8) is 0 Å². The molecule has 8 heavy (non-hydrogen) atoms. The van der Waals surface area contributed by atoms with Crippen molar-refractivity contribution in [2.45, 2.75) is 6.92 Å². The third kappa shape index (κ3) is 6.17. The van der Waals surface area contributed by atoms with Gasteiger partial charge < -0.3 is 5.11 Å². The van der Waals surface area contributed by atoms with Crippen LogP contribution in [0.4, 0.5) is 0 Å². The second kappa shape index (κ2) is 5.31. The average Bonchev–Trinajstić information content (AvgIpc) is 1.66. The van der Waals surface area contributed by atoms with E-state index in [1.807, 2.05) is 6.92 Å². The zero-order chi connectivity index (χ0) is 6.41. The highest BCUT2D eigenvalue weighted by Gasteiger charge is 1.93. The summed E-state index contributed by atoms with van der Waals surface area (Å²) in [5, 5.41) is 8.11. The largest absolute Gasteiger partial charge is 0.481 e. The lowest BCUT2D eigenvalue weighted by Crippen LogP contribution is -1.95. The van der Waals surface area contributed by atoms with Crippen molar-refractivity contribution >= 4 is 27.6 Å². The van der Waals surface area contributed by atoms with E-state index in [9.17, 15) is 4.79 Å². The van der Waals surface area contributed by atoms with Crippen molar-refractivity contribution in [1.29, 1.82) is 0 Å². The molecule has 0 bridgehead atoms. The third-order valence-electron chi connectivity index (χ3n) is 0.384. The summed E-state index contributed by atoms with van der Waals surface area (Å²) in [6.07, 6.45) is 0. The molecule has 0 aromatic rings. The van der Waals surface area contributed by atoms with Crippen LogP contribution >= 0.6 is 21.6 Å². The van der Waals surface area contributed by atoms with E-state index >= 15 is 0 Å². The normalized spacial score (nSPS) is 9.12. The molecule has 0 saturated heterocycles. The van der Waals surface area contributed by atoms with Crippen molar-refractivity contribution in [3.8, 4) is 0 Å². The molecule has 0 amide bonds. The molecule has 0 aromatic heterocycles. The van der Waals surface area contributed by atoms with Crippen molar-refractivity contribution in [2.24, 2.45) is 0 Å². The van der Waals surface area contributed by atoms with Gasteiger partial charge >= 0.3 is 5.97 Å². The molecule has 0 heterocycles. The summed E-state index contributed by atoms with van der Waals surface area (Å²) < 4.78 is 0. The van der Waals surface area contributed by atoms with Gasteiger partial charge in [0.1, 0.15) is 5.75 Å². The van der Waals surface area contributed by atoms with E-state index in [4.69, 9.17) is 5.11 Å². The van der Waals surface area contributed by atoms with Gasteiger partial charge in [0, 0.05) is 5.75 Å². The zero-order valence-corrected chi connectivity index (χ0v) is 6.22. The Balaban J connectivity index is 2.82. The van der Waals surface area contributed by atoms with Gasteiger partial charge in [-0.05, 0) is 0 Å². The molecule has 0 radical (unpaired) electrons. The molecular formula is C4H8O2S2. The summed E-state index contributed by atoms with van der Waals surface area (Å²) in [5.41, 5.74) is 0. The van der Waals surface area contributed by atoms with Gasteiger partial charge in [-0.3, -0.25) is 4.79 Å². The number of carboxylic acid groups (broad SMARTS) is 1. The maximum Gasteiger partial charge on any atom is 0.314 e. The lowest BCUT2D eigenvalue weighted by Gasteiger charge is -1.89. The molecule has 0 spiro atoms. The van der Waals surface area contributed by atoms with E-state index in [1.54, 1.807) is 10.8 Å². The summed E-state index contributed by atoms with van der Waals surface area (Å²) in [4.78, 5) is 9.84. The number of rotatable bonds is 4. The summed E-state index contributed by atoms with van der Waals surface area (Å²) in [6.45, 7) is 2.00. The van der Waals surface area contributed by atoms with Crippen molar-refractivity contribution in [2.75, 3.05) is 11.5 Å². The van der Waals surface area contributed by atoms with Gasteiger partial charge in [0.15, 0.2) is 0 Å². The van der Waals surface area contributed by atoms with Crippen LogP contribution in [0.3, 0.4) is 0 Å². The number of aliphatic carboxylic acids is 1. The van der Waals surface area contributed by atoms with Gasteiger partial charge in [0.25, 0.3) is 0 Å². The number of carboxylic acids is 1. The Kier molecular flexibility index (Phi) is 5.42. The predicted octanol–water partition coefficient (Wildman–Crippen LogP) is 1.47. The van der Waals surface area contributed by atoms with Crippen molar-refractivity contribution in [3.05, 3.63) is 0 Å². The minimum absolute atomic E-state index is 0.207. The first kappa shape index (κ1) is 8.17. The molecule has 0 saturated carbocycles. The fraction of sp³-hybridized carbons (Fsp3) is 0.750. The van der Waals surface area contributed by atoms with Gasteiger partial charge in [0.2, 0.25) is 0 Å². The third-order valence-corrected chi connectivity index (χ3v) is 2.71. The average molecular weight is 152 g/mol. The second-order valence-corrected chi connectivity index (χ2v) is 3.81. The standard InChI is InChI=1S/C4H8O2S2/c1-2-7-8-3-4(5)6/h2-3H2,1H3,(H,5,6). The monoisotopic (exact) mass is 152 g/mol. The van der Waals surface area contributed by atoms with E-state index in [1.165, 1.54) is 10.8 Å². The van der Waals surface area contributed by atoms with Gasteiger partial charge in [-0.2, -0.15) is 0 Å². The molecule has 0 aliphatic rings. The van der Waals surface area contributed by atoms with Gasteiger partial charge in [-0.15, -0.1) is 0 Å². The number of hydrogen-bond acceptors (Lipinski definition) is 3. The lowest BCUT2D eigenvalue weighted by atomic mass is 10.8. The quantitative estimate of drug-likeness (QED) is 0.489. The first-order chi connectivity index (χ1) is 3.77. The molecule has 0 unspecified atom stereocenters. The highest BCUT2D eigenvalue weighted by Crippen LogP contribution is 2.19. The first-order valence-corrected chi connectivity index (χ1v) is 4.72. The molecule has 0 aliphatic carbocycles. The Labute approximate surface area is 56.4 Å². The molecular weight excluding hydrogens is 144 g/mol. The Morgan fingerprint density at radius 3 is 2.62 bits per heavy atom. The van der Waals surface area contributed by atoms with Crippen LogP contribution in [-0.2, 0) is 4.79 Å². The van der Waals surface area contributed by atoms with E-state index in [-0.39, 0.29) is 5.75 Å². The van der Waals surface area contributed by atoms with Gasteiger partial charge in [-0.1, -0.05) is 28.5 Å². The predicted molar refractivity (Wildman–Crippen MR) is 38.2 cm³/mol. The highest BCUT2D eigenvalue weighted by atomic mass is 33.1. The SMILES string of the molecule is CCSSCC(=O)O. The van der Waals surface area contributed by atoms with Crippen LogP contribution in [0.1, 0.15) is 6.92 Å². The van der Waals surface area contributed by atoms with Crippen LogP contribution in [0.25, 0.3) is 0 Å². The summed E-state index contributed by atoms with van der Waals surface area (Å²) in [6, 6.07) is 0. The topological polar surface area (TPSA) is 37.3 Å². The first-order valence-electron chi connectivity index (χ1n) is 2.23. The Morgan fingerprint density at radius 1 is 1.62 bits per heavy atom. The van der Waals surface area contributed by atoms with E-state index in [0.717, 1.165) is 5.75 Å². The Bertz CT molecular complexity index is 74.4. The second-order valence-electron chi connectivity index (χ2n) is 1.06. The molecule has 0 atom stereocenters. The minimum Gasteiger partial charge on any atom is -0.481 e. The van der Waals surface area contributed by atoms with Crippen LogP contribution in [0.5, 0.6) is 0 Å². The van der Waals surface area contributed by atoms with Crippen LogP contribution < -0.4 is 0 Å². The molecule has 0 fully saturated rings. The molecule has 2 nitrogen and oxygen atoms in total. The van der Waals surface area contributed by atoms with Crippen LogP contribution in [0, 0.1) is 0 Å². The fourth-order valence-electron chi connectivity index (χ4n) is 0.175. The lowest BCUT2D eigenvalue weighted by molar-refractivity contribution is -0.133. The van der Waals surface area contributed by atoms with Crippen LogP contribution in [-0.4, -0.2) is 22.6 Å². The number of carbonyl (C=O) groups is 1.